The van der Waals surface area contributed by atoms with E-state index in [1.54, 1.807) is 0 Å². The van der Waals surface area contributed by atoms with Crippen molar-refractivity contribution in [2.75, 3.05) is 24.5 Å². The average Bonchev–Trinajstić information content (AvgIpc) is 2.47. The lowest BCUT2D eigenvalue weighted by atomic mass is 10.1. The van der Waals surface area contributed by atoms with Crippen LogP contribution in [0, 0.1) is 0 Å². The smallest absolute Gasteiger partial charge is 0.225 e. The fourth-order valence-electron chi connectivity index (χ4n) is 2.73. The van der Waals surface area contributed by atoms with E-state index in [2.05, 4.69) is 33.2 Å². The Morgan fingerprint density at radius 3 is 3.16 bits per heavy atom. The van der Waals surface area contributed by atoms with E-state index in [0.717, 1.165) is 36.5 Å². The Hall–Kier alpha value is -1.68. The monoisotopic (exact) mass is 256 g/mol. The molecule has 0 bridgehead atoms. The fourth-order valence-corrected chi connectivity index (χ4v) is 2.73. The first-order valence-corrected chi connectivity index (χ1v) is 7.07. The van der Waals surface area contributed by atoms with E-state index in [-0.39, 0.29) is 0 Å². The SMILES string of the molecule is CCNC1CCCN(c2ncc3ccccc3n2)C1. The topological polar surface area (TPSA) is 41.0 Å². The van der Waals surface area contributed by atoms with Gasteiger partial charge in [0.25, 0.3) is 0 Å². The Labute approximate surface area is 113 Å². The van der Waals surface area contributed by atoms with Gasteiger partial charge in [0.1, 0.15) is 0 Å². The summed E-state index contributed by atoms with van der Waals surface area (Å²) < 4.78 is 0. The van der Waals surface area contributed by atoms with Crippen LogP contribution in [-0.4, -0.2) is 35.6 Å². The minimum absolute atomic E-state index is 0.564. The van der Waals surface area contributed by atoms with E-state index >= 15 is 0 Å². The van der Waals surface area contributed by atoms with Gasteiger partial charge in [0, 0.05) is 30.7 Å². The largest absolute Gasteiger partial charge is 0.339 e. The quantitative estimate of drug-likeness (QED) is 0.914. The number of benzene rings is 1. The lowest BCUT2D eigenvalue weighted by Crippen LogP contribution is -2.46. The molecule has 0 spiro atoms. The summed E-state index contributed by atoms with van der Waals surface area (Å²) in [6.07, 6.45) is 4.38. The van der Waals surface area contributed by atoms with Crippen molar-refractivity contribution in [2.24, 2.45) is 0 Å². The van der Waals surface area contributed by atoms with Crippen molar-refractivity contribution in [3.05, 3.63) is 30.5 Å². The van der Waals surface area contributed by atoms with Crippen LogP contribution in [0.5, 0.6) is 0 Å². The first kappa shape index (κ1) is 12.4. The standard InChI is InChI=1S/C15H20N4/c1-2-16-13-7-5-9-19(11-13)15-17-10-12-6-3-4-8-14(12)18-15/h3-4,6,8,10,13,16H,2,5,7,9,11H2,1H3. The minimum Gasteiger partial charge on any atom is -0.339 e. The molecule has 4 nitrogen and oxygen atoms in total. The van der Waals surface area contributed by atoms with E-state index in [0.29, 0.717) is 6.04 Å². The van der Waals surface area contributed by atoms with Crippen molar-refractivity contribution in [3.63, 3.8) is 0 Å². The number of aromatic nitrogens is 2. The molecule has 4 heteroatoms. The van der Waals surface area contributed by atoms with Crippen molar-refractivity contribution in [2.45, 2.75) is 25.8 Å². The van der Waals surface area contributed by atoms with E-state index < -0.39 is 0 Å². The van der Waals surface area contributed by atoms with Crippen LogP contribution < -0.4 is 10.2 Å². The Bertz CT molecular complexity index is 553. The van der Waals surface area contributed by atoms with Gasteiger partial charge in [0.15, 0.2) is 0 Å². The number of hydrogen-bond acceptors (Lipinski definition) is 4. The third-order valence-corrected chi connectivity index (χ3v) is 3.67. The normalized spacial score (nSPS) is 19.8. The Morgan fingerprint density at radius 2 is 2.26 bits per heavy atom. The lowest BCUT2D eigenvalue weighted by Gasteiger charge is -2.33. The highest BCUT2D eigenvalue weighted by Gasteiger charge is 2.20. The van der Waals surface area contributed by atoms with Crippen LogP contribution >= 0.6 is 0 Å². The van der Waals surface area contributed by atoms with Gasteiger partial charge in [0.2, 0.25) is 5.95 Å². The first-order chi connectivity index (χ1) is 9.36. The van der Waals surface area contributed by atoms with E-state index in [1.807, 2.05) is 24.4 Å². The van der Waals surface area contributed by atoms with Gasteiger partial charge in [-0.1, -0.05) is 25.1 Å². The number of fused-ring (bicyclic) bond motifs is 1. The van der Waals surface area contributed by atoms with Crippen molar-refractivity contribution >= 4 is 16.9 Å². The number of nitrogens with one attached hydrogen (secondary N) is 1. The maximum Gasteiger partial charge on any atom is 0.225 e. The van der Waals surface area contributed by atoms with Gasteiger partial charge in [-0.05, 0) is 25.5 Å². The maximum absolute atomic E-state index is 4.68. The predicted octanol–water partition coefficient (Wildman–Crippen LogP) is 2.21. The molecule has 1 fully saturated rings. The van der Waals surface area contributed by atoms with Crippen LogP contribution in [0.1, 0.15) is 19.8 Å². The number of piperidine rings is 1. The second-order valence-corrected chi connectivity index (χ2v) is 5.07. The molecule has 1 aromatic carbocycles. The Balaban J connectivity index is 1.83. The van der Waals surface area contributed by atoms with Crippen molar-refractivity contribution in [3.8, 4) is 0 Å². The number of anilines is 1. The Kier molecular flexibility index (Phi) is 3.60. The molecule has 0 aliphatic carbocycles. The van der Waals surface area contributed by atoms with Crippen LogP contribution in [0.25, 0.3) is 10.9 Å². The second kappa shape index (κ2) is 5.53. The first-order valence-electron chi connectivity index (χ1n) is 7.07. The number of nitrogens with zero attached hydrogens (tertiary/aromatic N) is 3. The molecule has 1 unspecified atom stereocenters. The molecule has 100 valence electrons. The molecule has 1 aliphatic heterocycles. The van der Waals surface area contributed by atoms with Crippen molar-refractivity contribution < 1.29 is 0 Å². The van der Waals surface area contributed by atoms with Crippen molar-refractivity contribution in [1.82, 2.24) is 15.3 Å². The molecular formula is C15H20N4. The summed E-state index contributed by atoms with van der Waals surface area (Å²) in [5.41, 5.74) is 1.03. The van der Waals surface area contributed by atoms with Crippen LogP contribution in [-0.2, 0) is 0 Å². The molecule has 1 atom stereocenters. The van der Waals surface area contributed by atoms with Gasteiger partial charge >= 0.3 is 0 Å². The summed E-state index contributed by atoms with van der Waals surface area (Å²) in [6.45, 7) is 5.25. The maximum atomic E-state index is 4.68. The van der Waals surface area contributed by atoms with Crippen molar-refractivity contribution in [1.29, 1.82) is 0 Å². The minimum atomic E-state index is 0.564. The van der Waals surface area contributed by atoms with Crippen LogP contribution in [0.3, 0.4) is 0 Å². The van der Waals surface area contributed by atoms with Crippen LogP contribution in [0.15, 0.2) is 30.5 Å². The molecule has 1 saturated heterocycles. The average molecular weight is 256 g/mol. The van der Waals surface area contributed by atoms with E-state index in [9.17, 15) is 0 Å². The van der Waals surface area contributed by atoms with Gasteiger partial charge in [-0.2, -0.15) is 0 Å². The highest BCUT2D eigenvalue weighted by molar-refractivity contribution is 5.78. The summed E-state index contributed by atoms with van der Waals surface area (Å²) in [7, 11) is 0. The van der Waals surface area contributed by atoms with E-state index in [4.69, 9.17) is 0 Å². The zero-order valence-electron chi connectivity index (χ0n) is 11.3. The fraction of sp³-hybridized carbons (Fsp3) is 0.467. The molecule has 0 amide bonds. The lowest BCUT2D eigenvalue weighted by molar-refractivity contribution is 0.428. The molecule has 1 aromatic heterocycles. The van der Waals surface area contributed by atoms with Gasteiger partial charge < -0.3 is 10.2 Å². The van der Waals surface area contributed by atoms with Crippen LogP contribution in [0.2, 0.25) is 0 Å². The van der Waals surface area contributed by atoms with Crippen LogP contribution in [0.4, 0.5) is 5.95 Å². The number of hydrogen-bond donors (Lipinski definition) is 1. The third-order valence-electron chi connectivity index (χ3n) is 3.67. The summed E-state index contributed by atoms with van der Waals surface area (Å²) in [5, 5.41) is 4.63. The third kappa shape index (κ3) is 2.68. The zero-order chi connectivity index (χ0) is 13.1. The predicted molar refractivity (Wildman–Crippen MR) is 78.4 cm³/mol. The molecule has 0 radical (unpaired) electrons. The number of likely N-dealkylation sites (N-methyl/N-ethyl adjacent to an activating group) is 1. The molecular weight excluding hydrogens is 236 g/mol. The van der Waals surface area contributed by atoms with Gasteiger partial charge in [-0.25, -0.2) is 9.97 Å². The summed E-state index contributed by atoms with van der Waals surface area (Å²) in [6, 6.07) is 8.71. The highest BCUT2D eigenvalue weighted by Crippen LogP contribution is 2.18. The highest BCUT2D eigenvalue weighted by atomic mass is 15.3. The van der Waals surface area contributed by atoms with Gasteiger partial charge in [-0.3, -0.25) is 0 Å². The molecule has 0 saturated carbocycles. The Morgan fingerprint density at radius 1 is 1.37 bits per heavy atom. The summed E-state index contributed by atoms with van der Waals surface area (Å²) in [5.74, 6) is 0.862. The zero-order valence-corrected chi connectivity index (χ0v) is 11.3. The molecule has 2 heterocycles. The molecule has 2 aromatic rings. The molecule has 19 heavy (non-hydrogen) atoms. The molecule has 3 rings (SSSR count). The molecule has 1 aliphatic rings. The second-order valence-electron chi connectivity index (χ2n) is 5.07. The number of para-hydroxylation sites is 1. The summed E-state index contributed by atoms with van der Waals surface area (Å²) >= 11 is 0. The molecule has 1 N–H and O–H groups in total. The summed E-state index contributed by atoms with van der Waals surface area (Å²) in [4.78, 5) is 11.5. The number of rotatable bonds is 3. The van der Waals surface area contributed by atoms with Gasteiger partial charge in [0.05, 0.1) is 5.52 Å². The van der Waals surface area contributed by atoms with Gasteiger partial charge in [-0.15, -0.1) is 0 Å². The van der Waals surface area contributed by atoms with E-state index in [1.165, 1.54) is 12.8 Å².